The number of carbonyl (C=O) groups is 2. The third-order valence-electron chi connectivity index (χ3n) is 8.71. The predicted molar refractivity (Wildman–Crippen MR) is 159 cm³/mol. The van der Waals surface area contributed by atoms with E-state index in [1.165, 1.54) is 12.8 Å². The first-order valence-corrected chi connectivity index (χ1v) is 14.8. The molecule has 0 radical (unpaired) electrons. The SMILES string of the molecule is N=C(N)c1ccc(CNC(=O)C(NC(=O)C(Cc2ccc(C(=N)N)cc2)C2CCCCC2)C2CCCCC2)cc1. The minimum atomic E-state index is -0.560. The fourth-order valence-corrected chi connectivity index (χ4v) is 6.31. The lowest BCUT2D eigenvalue weighted by atomic mass is 9.76. The van der Waals surface area contributed by atoms with E-state index >= 15 is 0 Å². The maximum Gasteiger partial charge on any atom is 0.243 e. The van der Waals surface area contributed by atoms with Crippen LogP contribution in [0.4, 0.5) is 0 Å². The van der Waals surface area contributed by atoms with Gasteiger partial charge in [0.05, 0.1) is 0 Å². The molecule has 2 atom stereocenters. The van der Waals surface area contributed by atoms with Crippen LogP contribution in [-0.2, 0) is 22.6 Å². The molecule has 4 rings (SSSR count). The Balaban J connectivity index is 1.49. The van der Waals surface area contributed by atoms with Gasteiger partial charge in [-0.15, -0.1) is 0 Å². The molecule has 40 heavy (non-hydrogen) atoms. The number of amidine groups is 2. The Morgan fingerprint density at radius 2 is 1.18 bits per heavy atom. The Bertz CT molecular complexity index is 1160. The third kappa shape index (κ3) is 7.93. The summed E-state index contributed by atoms with van der Waals surface area (Å²) in [5.74, 6) is 0.0858. The largest absolute Gasteiger partial charge is 0.384 e. The fraction of sp³-hybridized carbons (Fsp3) is 0.500. The van der Waals surface area contributed by atoms with Crippen molar-refractivity contribution in [2.45, 2.75) is 83.2 Å². The number of carbonyl (C=O) groups excluding carboxylic acids is 2. The highest BCUT2D eigenvalue weighted by Crippen LogP contribution is 2.33. The molecule has 0 bridgehead atoms. The van der Waals surface area contributed by atoms with Gasteiger partial charge in [0, 0.05) is 23.6 Å². The van der Waals surface area contributed by atoms with Crippen molar-refractivity contribution in [2.75, 3.05) is 0 Å². The first-order chi connectivity index (χ1) is 19.3. The molecule has 0 aromatic heterocycles. The molecule has 8 N–H and O–H groups in total. The van der Waals surface area contributed by atoms with Crippen LogP contribution in [0.15, 0.2) is 48.5 Å². The highest BCUT2D eigenvalue weighted by molar-refractivity contribution is 5.95. The summed E-state index contributed by atoms with van der Waals surface area (Å²) < 4.78 is 0. The summed E-state index contributed by atoms with van der Waals surface area (Å²) in [6, 6.07) is 14.3. The molecule has 2 fully saturated rings. The molecule has 2 aromatic rings. The van der Waals surface area contributed by atoms with Crippen LogP contribution >= 0.6 is 0 Å². The number of rotatable bonds is 11. The molecular weight excluding hydrogens is 500 g/mol. The van der Waals surface area contributed by atoms with Gasteiger partial charge in [0.15, 0.2) is 0 Å². The van der Waals surface area contributed by atoms with E-state index in [-0.39, 0.29) is 41.2 Å². The molecule has 214 valence electrons. The lowest BCUT2D eigenvalue weighted by Crippen LogP contribution is -2.53. The van der Waals surface area contributed by atoms with Crippen LogP contribution in [0, 0.1) is 28.6 Å². The summed E-state index contributed by atoms with van der Waals surface area (Å²) >= 11 is 0. The second kappa shape index (κ2) is 14.1. The van der Waals surface area contributed by atoms with Gasteiger partial charge in [-0.05, 0) is 55.1 Å². The Morgan fingerprint density at radius 3 is 1.68 bits per heavy atom. The second-order valence-electron chi connectivity index (χ2n) is 11.5. The molecule has 2 unspecified atom stereocenters. The summed E-state index contributed by atoms with van der Waals surface area (Å²) in [5, 5.41) is 21.5. The van der Waals surface area contributed by atoms with Crippen LogP contribution in [-0.4, -0.2) is 29.5 Å². The first kappa shape index (κ1) is 29.3. The van der Waals surface area contributed by atoms with Crippen molar-refractivity contribution in [3.8, 4) is 0 Å². The van der Waals surface area contributed by atoms with Crippen molar-refractivity contribution in [1.82, 2.24) is 10.6 Å². The van der Waals surface area contributed by atoms with E-state index in [1.807, 2.05) is 36.4 Å². The maximum atomic E-state index is 14.0. The van der Waals surface area contributed by atoms with Gasteiger partial charge in [-0.2, -0.15) is 0 Å². The number of amides is 2. The number of benzene rings is 2. The summed E-state index contributed by atoms with van der Waals surface area (Å²) in [4.78, 5) is 27.6. The average molecular weight is 545 g/mol. The number of nitrogens with two attached hydrogens (primary N) is 2. The van der Waals surface area contributed by atoms with Crippen LogP contribution in [0.1, 0.15) is 86.5 Å². The molecule has 2 aromatic carbocycles. The van der Waals surface area contributed by atoms with Gasteiger partial charge in [-0.1, -0.05) is 87.1 Å². The summed E-state index contributed by atoms with van der Waals surface area (Å²) in [5.41, 5.74) is 14.5. The zero-order chi connectivity index (χ0) is 28.5. The van der Waals surface area contributed by atoms with E-state index in [0.717, 1.165) is 62.5 Å². The highest BCUT2D eigenvalue weighted by atomic mass is 16.2. The molecule has 8 heteroatoms. The van der Waals surface area contributed by atoms with Gasteiger partial charge in [-0.25, -0.2) is 0 Å². The Morgan fingerprint density at radius 1 is 0.700 bits per heavy atom. The fourth-order valence-electron chi connectivity index (χ4n) is 6.31. The van der Waals surface area contributed by atoms with Crippen molar-refractivity contribution in [3.05, 3.63) is 70.8 Å². The first-order valence-electron chi connectivity index (χ1n) is 14.8. The Hall–Kier alpha value is -3.68. The third-order valence-corrected chi connectivity index (χ3v) is 8.71. The van der Waals surface area contributed by atoms with Gasteiger partial charge < -0.3 is 22.1 Å². The van der Waals surface area contributed by atoms with Gasteiger partial charge in [0.1, 0.15) is 17.7 Å². The quantitative estimate of drug-likeness (QED) is 0.183. The van der Waals surface area contributed by atoms with Gasteiger partial charge >= 0.3 is 0 Å². The van der Waals surface area contributed by atoms with E-state index in [0.29, 0.717) is 24.1 Å². The molecule has 0 spiro atoms. The standard InChI is InChI=1S/C32H44N6O2/c33-29(34)25-15-11-21(12-16-25)19-27(23-7-3-1-4-8-23)31(39)38-28(24-9-5-2-6-10-24)32(40)37-20-22-13-17-26(18-14-22)30(35)36/h11-18,23-24,27-28H,1-10,19-20H2,(H3,33,34)(H3,35,36)(H,37,40)(H,38,39). The molecule has 2 aliphatic carbocycles. The zero-order valence-corrected chi connectivity index (χ0v) is 23.4. The number of hydrogen-bond donors (Lipinski definition) is 6. The molecule has 0 aliphatic heterocycles. The summed E-state index contributed by atoms with van der Waals surface area (Å²) in [6.45, 7) is 0.352. The van der Waals surface area contributed by atoms with Gasteiger partial charge in [0.2, 0.25) is 11.8 Å². The Labute approximate surface area is 237 Å². The van der Waals surface area contributed by atoms with E-state index < -0.39 is 6.04 Å². The van der Waals surface area contributed by atoms with Crippen LogP contribution in [0.25, 0.3) is 0 Å². The van der Waals surface area contributed by atoms with Crippen LogP contribution in [0.3, 0.4) is 0 Å². The predicted octanol–water partition coefficient (Wildman–Crippen LogP) is 4.38. The summed E-state index contributed by atoms with van der Waals surface area (Å²) in [7, 11) is 0. The van der Waals surface area contributed by atoms with Gasteiger partial charge in [-0.3, -0.25) is 20.4 Å². The Kier molecular flexibility index (Phi) is 10.3. The normalized spacial score (nSPS) is 17.9. The molecule has 0 heterocycles. The molecule has 2 aliphatic rings. The molecular formula is C32H44N6O2. The van der Waals surface area contributed by atoms with Crippen LogP contribution < -0.4 is 22.1 Å². The van der Waals surface area contributed by atoms with Crippen molar-refractivity contribution >= 4 is 23.5 Å². The highest BCUT2D eigenvalue weighted by Gasteiger charge is 2.35. The molecule has 8 nitrogen and oxygen atoms in total. The van der Waals surface area contributed by atoms with Gasteiger partial charge in [0.25, 0.3) is 0 Å². The molecule has 2 amide bonds. The minimum absolute atomic E-state index is 0.0120. The van der Waals surface area contributed by atoms with Crippen LogP contribution in [0.2, 0.25) is 0 Å². The van der Waals surface area contributed by atoms with Crippen molar-refractivity contribution in [1.29, 1.82) is 10.8 Å². The smallest absolute Gasteiger partial charge is 0.243 e. The zero-order valence-electron chi connectivity index (χ0n) is 23.4. The number of hydrogen-bond acceptors (Lipinski definition) is 4. The molecule has 0 saturated heterocycles. The summed E-state index contributed by atoms with van der Waals surface area (Å²) in [6.07, 6.45) is 11.3. The van der Waals surface area contributed by atoms with E-state index in [1.54, 1.807) is 12.1 Å². The van der Waals surface area contributed by atoms with E-state index in [2.05, 4.69) is 10.6 Å². The van der Waals surface area contributed by atoms with Crippen molar-refractivity contribution in [2.24, 2.45) is 29.2 Å². The number of nitrogen functional groups attached to an aromatic ring is 2. The average Bonchev–Trinajstić information content (AvgIpc) is 2.98. The number of nitrogens with one attached hydrogen (secondary N) is 4. The maximum absolute atomic E-state index is 14.0. The lowest BCUT2D eigenvalue weighted by Gasteiger charge is -2.34. The van der Waals surface area contributed by atoms with Crippen molar-refractivity contribution < 1.29 is 9.59 Å². The van der Waals surface area contributed by atoms with E-state index in [4.69, 9.17) is 22.3 Å². The second-order valence-corrected chi connectivity index (χ2v) is 11.5. The molecule has 2 saturated carbocycles. The minimum Gasteiger partial charge on any atom is -0.384 e. The monoisotopic (exact) mass is 544 g/mol. The van der Waals surface area contributed by atoms with E-state index in [9.17, 15) is 9.59 Å². The van der Waals surface area contributed by atoms with Crippen LogP contribution in [0.5, 0.6) is 0 Å². The lowest BCUT2D eigenvalue weighted by molar-refractivity contribution is -0.134. The van der Waals surface area contributed by atoms with Crippen molar-refractivity contribution in [3.63, 3.8) is 0 Å². The topological polar surface area (TPSA) is 158 Å².